The zero-order valence-electron chi connectivity index (χ0n) is 28.5. The first-order valence-electron chi connectivity index (χ1n) is 17.6. The normalized spacial score (nSPS) is 11.4. The fourth-order valence-electron chi connectivity index (χ4n) is 7.07. The van der Waals surface area contributed by atoms with Gasteiger partial charge >= 0.3 is 0 Å². The Bertz CT molecular complexity index is 2860. The minimum atomic E-state index is 0.643. The number of fused-ring (bicyclic) bond motifs is 5. The van der Waals surface area contributed by atoms with Crippen molar-refractivity contribution in [1.29, 1.82) is 0 Å². The van der Waals surface area contributed by atoms with E-state index in [1.54, 1.807) is 0 Å². The Morgan fingerprint density at radius 3 is 1.43 bits per heavy atom. The Balaban J connectivity index is 1.02. The summed E-state index contributed by atoms with van der Waals surface area (Å²) in [4.78, 5) is 20.0. The second kappa shape index (κ2) is 13.1. The minimum absolute atomic E-state index is 0.643. The summed E-state index contributed by atoms with van der Waals surface area (Å²) >= 11 is 1.85. The topological polar surface area (TPSA) is 51.6 Å². The number of hydrogen-bond acceptors (Lipinski definition) is 5. The molecule has 0 saturated heterocycles. The van der Waals surface area contributed by atoms with Gasteiger partial charge in [0.25, 0.3) is 0 Å². The number of aromatic nitrogens is 4. The van der Waals surface area contributed by atoms with E-state index < -0.39 is 0 Å². The highest BCUT2D eigenvalue weighted by Gasteiger charge is 2.17. The molecule has 0 spiro atoms. The van der Waals surface area contributed by atoms with E-state index in [1.807, 2.05) is 72.0 Å². The van der Waals surface area contributed by atoms with Crippen molar-refractivity contribution >= 4 is 42.4 Å². The number of rotatable bonds is 6. The monoisotopic (exact) mass is 694 g/mol. The van der Waals surface area contributed by atoms with E-state index in [0.717, 1.165) is 55.7 Å². The van der Waals surface area contributed by atoms with Gasteiger partial charge in [0.2, 0.25) is 0 Å². The molecular weight excluding hydrogens is 665 g/mol. The molecule has 0 aliphatic heterocycles. The predicted octanol–water partition coefficient (Wildman–Crippen LogP) is 12.8. The minimum Gasteiger partial charge on any atom is -0.247 e. The van der Waals surface area contributed by atoms with Crippen LogP contribution in [0.4, 0.5) is 0 Å². The van der Waals surface area contributed by atoms with E-state index in [9.17, 15) is 0 Å². The summed E-state index contributed by atoms with van der Waals surface area (Å²) in [5, 5.41) is 3.67. The molecule has 0 bridgehead atoms. The van der Waals surface area contributed by atoms with Crippen LogP contribution in [-0.4, -0.2) is 19.9 Å². The lowest BCUT2D eigenvalue weighted by molar-refractivity contribution is 1.07. The van der Waals surface area contributed by atoms with Crippen LogP contribution in [0.15, 0.2) is 182 Å². The number of benzene rings is 7. The third-order valence-electron chi connectivity index (χ3n) is 9.73. The van der Waals surface area contributed by atoms with E-state index >= 15 is 0 Å². The van der Waals surface area contributed by atoms with E-state index in [2.05, 4.69) is 121 Å². The zero-order chi connectivity index (χ0) is 35.1. The molecule has 0 N–H and O–H groups in total. The number of hydrogen-bond donors (Lipinski definition) is 0. The Morgan fingerprint density at radius 2 is 0.792 bits per heavy atom. The molecule has 53 heavy (non-hydrogen) atoms. The molecule has 0 saturated carbocycles. The molecule has 4 nitrogen and oxygen atoms in total. The van der Waals surface area contributed by atoms with Crippen LogP contribution < -0.4 is 0 Å². The zero-order valence-corrected chi connectivity index (χ0v) is 29.3. The maximum Gasteiger partial charge on any atom is 0.164 e. The Labute approximate surface area is 310 Å². The predicted molar refractivity (Wildman–Crippen MR) is 221 cm³/mol. The maximum atomic E-state index is 5.34. The van der Waals surface area contributed by atoms with Crippen molar-refractivity contribution in [1.82, 2.24) is 19.9 Å². The molecule has 0 aliphatic carbocycles. The summed E-state index contributed by atoms with van der Waals surface area (Å²) in [6, 6.07) is 63.3. The third kappa shape index (κ3) is 5.74. The molecule has 0 atom stereocenters. The van der Waals surface area contributed by atoms with Crippen LogP contribution in [0.1, 0.15) is 0 Å². The molecule has 10 aromatic rings. The summed E-state index contributed by atoms with van der Waals surface area (Å²) in [6.45, 7) is 0. The molecule has 0 radical (unpaired) electrons. The van der Waals surface area contributed by atoms with Gasteiger partial charge in [0, 0.05) is 47.8 Å². The van der Waals surface area contributed by atoms with Gasteiger partial charge in [-0.2, -0.15) is 0 Å². The lowest BCUT2D eigenvalue weighted by atomic mass is 9.97. The second-order valence-corrected chi connectivity index (χ2v) is 14.1. The van der Waals surface area contributed by atoms with Crippen LogP contribution in [0.25, 0.3) is 98.7 Å². The Morgan fingerprint density at radius 1 is 0.321 bits per heavy atom. The molecule has 3 heterocycles. The van der Waals surface area contributed by atoms with Crippen LogP contribution in [0.5, 0.6) is 0 Å². The lowest BCUT2D eigenvalue weighted by Crippen LogP contribution is -2.00. The van der Waals surface area contributed by atoms with Gasteiger partial charge in [-0.1, -0.05) is 164 Å². The quantitative estimate of drug-likeness (QED) is 0.174. The van der Waals surface area contributed by atoms with Gasteiger partial charge in [-0.25, -0.2) is 19.9 Å². The Kier molecular flexibility index (Phi) is 7.63. The summed E-state index contributed by atoms with van der Waals surface area (Å²) in [6.07, 6.45) is 0. The van der Waals surface area contributed by atoms with Crippen molar-refractivity contribution in [2.45, 2.75) is 0 Å². The highest BCUT2D eigenvalue weighted by atomic mass is 32.1. The first kappa shape index (κ1) is 31.0. The van der Waals surface area contributed by atoms with Crippen molar-refractivity contribution < 1.29 is 0 Å². The molecule has 3 aromatic heterocycles. The van der Waals surface area contributed by atoms with Crippen LogP contribution in [0.2, 0.25) is 0 Å². The highest BCUT2D eigenvalue weighted by Crippen LogP contribution is 2.43. The lowest BCUT2D eigenvalue weighted by Gasteiger charge is -2.11. The number of thiophene rings is 1. The van der Waals surface area contributed by atoms with Gasteiger partial charge in [0.05, 0.1) is 11.2 Å². The van der Waals surface area contributed by atoms with Gasteiger partial charge in [-0.05, 0) is 40.5 Å². The van der Waals surface area contributed by atoms with Gasteiger partial charge in [0.1, 0.15) is 0 Å². The second-order valence-electron chi connectivity index (χ2n) is 13.1. The molecule has 0 aliphatic rings. The molecule has 0 fully saturated rings. The van der Waals surface area contributed by atoms with Crippen molar-refractivity contribution in [3.63, 3.8) is 0 Å². The first-order chi connectivity index (χ1) is 26.2. The van der Waals surface area contributed by atoms with Crippen molar-refractivity contribution in [3.05, 3.63) is 182 Å². The third-order valence-corrected chi connectivity index (χ3v) is 10.9. The van der Waals surface area contributed by atoms with Crippen molar-refractivity contribution in [3.8, 4) is 67.7 Å². The molecular formula is C48H30N4S. The molecule has 10 rings (SSSR count). The molecule has 248 valence electrons. The Hall–Kier alpha value is -6.82. The van der Waals surface area contributed by atoms with Gasteiger partial charge in [-0.3, -0.25) is 0 Å². The van der Waals surface area contributed by atoms with Crippen LogP contribution in [0.3, 0.4) is 0 Å². The summed E-state index contributed by atoms with van der Waals surface area (Å²) < 4.78 is 2.56. The standard InChI is InChI=1S/C48H30N4S/c1-4-13-32(14-5-1)44-43-40-21-10-11-22-42(40)53-45(43)39-28-27-38(30-41(39)49-44)37-20-12-19-36(29-37)31-23-25-35(26-24-31)48-51-46(33-15-6-2-7-16-33)50-47(52-48)34-17-8-3-9-18-34/h1-30H. The smallest absolute Gasteiger partial charge is 0.164 e. The van der Waals surface area contributed by atoms with E-state index in [4.69, 9.17) is 19.9 Å². The highest BCUT2D eigenvalue weighted by molar-refractivity contribution is 7.26. The van der Waals surface area contributed by atoms with E-state index in [-0.39, 0.29) is 0 Å². The average Bonchev–Trinajstić information content (AvgIpc) is 3.64. The number of nitrogens with zero attached hydrogens (tertiary/aromatic N) is 4. The maximum absolute atomic E-state index is 5.34. The molecule has 5 heteroatoms. The molecule has 0 unspecified atom stereocenters. The largest absolute Gasteiger partial charge is 0.247 e. The fourth-order valence-corrected chi connectivity index (χ4v) is 8.31. The van der Waals surface area contributed by atoms with E-state index in [1.165, 1.54) is 25.6 Å². The summed E-state index contributed by atoms with van der Waals surface area (Å²) in [5.41, 5.74) is 10.5. The average molecular weight is 695 g/mol. The summed E-state index contributed by atoms with van der Waals surface area (Å²) in [7, 11) is 0. The molecule has 7 aromatic carbocycles. The SMILES string of the molecule is c1ccc(-c2nc(-c3ccccc3)nc(-c3ccc(-c4cccc(-c5ccc6c(c5)nc(-c5ccccc5)c5c7ccccc7sc65)c4)cc3)n2)cc1. The van der Waals surface area contributed by atoms with Gasteiger partial charge in [0.15, 0.2) is 17.5 Å². The van der Waals surface area contributed by atoms with Gasteiger partial charge < -0.3 is 0 Å². The van der Waals surface area contributed by atoms with Crippen molar-refractivity contribution in [2.75, 3.05) is 0 Å². The fraction of sp³-hybridized carbons (Fsp3) is 0. The first-order valence-corrected chi connectivity index (χ1v) is 18.5. The molecule has 0 amide bonds. The summed E-state index contributed by atoms with van der Waals surface area (Å²) in [5.74, 6) is 1.95. The van der Waals surface area contributed by atoms with Crippen LogP contribution in [-0.2, 0) is 0 Å². The van der Waals surface area contributed by atoms with Gasteiger partial charge in [-0.15, -0.1) is 11.3 Å². The van der Waals surface area contributed by atoms with E-state index in [0.29, 0.717) is 17.5 Å². The van der Waals surface area contributed by atoms with Crippen LogP contribution in [0, 0.1) is 0 Å². The number of pyridine rings is 1. The van der Waals surface area contributed by atoms with Crippen LogP contribution >= 0.6 is 11.3 Å². The van der Waals surface area contributed by atoms with Crippen molar-refractivity contribution in [2.24, 2.45) is 0 Å².